The number of nitrogens with zero attached hydrogens (tertiary/aromatic N) is 2. The van der Waals surface area contributed by atoms with Crippen molar-refractivity contribution in [2.24, 2.45) is 5.92 Å². The highest BCUT2D eigenvalue weighted by Gasteiger charge is 2.33. The van der Waals surface area contributed by atoms with Gasteiger partial charge in [-0.1, -0.05) is 13.8 Å². The zero-order chi connectivity index (χ0) is 14.6. The molecule has 0 unspecified atom stereocenters. The molecule has 19 heavy (non-hydrogen) atoms. The second-order valence-corrected chi connectivity index (χ2v) is 4.77. The number of hydrogen-bond donors (Lipinski definition) is 0. The minimum absolute atomic E-state index is 0.327. The molecule has 104 valence electrons. The molecule has 0 saturated carbocycles. The summed E-state index contributed by atoms with van der Waals surface area (Å²) >= 11 is 0. The van der Waals surface area contributed by atoms with Crippen molar-refractivity contribution in [2.45, 2.75) is 26.9 Å². The summed E-state index contributed by atoms with van der Waals surface area (Å²) in [4.78, 5) is 1.96. The molecule has 0 N–H and O–H groups in total. The van der Waals surface area contributed by atoms with Gasteiger partial charge in [-0.05, 0) is 31.0 Å². The van der Waals surface area contributed by atoms with Crippen molar-refractivity contribution in [3.05, 3.63) is 29.3 Å². The van der Waals surface area contributed by atoms with Crippen LogP contribution < -0.4 is 4.90 Å². The molecule has 0 saturated heterocycles. The van der Waals surface area contributed by atoms with E-state index in [1.807, 2.05) is 25.7 Å². The average Bonchev–Trinajstić information content (AvgIpc) is 2.33. The standard InChI is InChI=1S/C14H17F3N2/c1-4-19(9-10(2)3)12-5-6-13(14(15,16)17)11(7-12)8-18/h5-7,10H,4,9H2,1-3H3. The van der Waals surface area contributed by atoms with Gasteiger partial charge in [0.15, 0.2) is 0 Å². The van der Waals surface area contributed by atoms with Crippen LogP contribution in [0.3, 0.4) is 0 Å². The largest absolute Gasteiger partial charge is 0.417 e. The third-order valence-electron chi connectivity index (χ3n) is 2.76. The molecule has 5 heteroatoms. The molecule has 2 nitrogen and oxygen atoms in total. The summed E-state index contributed by atoms with van der Waals surface area (Å²) in [5.41, 5.74) is -0.549. The average molecular weight is 270 g/mol. The van der Waals surface area contributed by atoms with Gasteiger partial charge in [0.25, 0.3) is 0 Å². The predicted octanol–water partition coefficient (Wildman–Crippen LogP) is 4.06. The number of rotatable bonds is 4. The Hall–Kier alpha value is -1.70. The van der Waals surface area contributed by atoms with E-state index in [-0.39, 0.29) is 5.56 Å². The Kier molecular flexibility index (Phi) is 4.82. The maximum Gasteiger partial charge on any atom is 0.417 e. The Morgan fingerprint density at radius 3 is 2.37 bits per heavy atom. The lowest BCUT2D eigenvalue weighted by molar-refractivity contribution is -0.137. The molecule has 0 aliphatic carbocycles. The molecular formula is C14H17F3N2. The van der Waals surface area contributed by atoms with Gasteiger partial charge in [0.2, 0.25) is 0 Å². The Bertz CT molecular complexity index is 473. The SMILES string of the molecule is CCN(CC(C)C)c1ccc(C(F)(F)F)c(C#N)c1. The normalized spacial score (nSPS) is 11.5. The van der Waals surface area contributed by atoms with Crippen molar-refractivity contribution in [1.82, 2.24) is 0 Å². The molecule has 0 fully saturated rings. The zero-order valence-electron chi connectivity index (χ0n) is 11.3. The summed E-state index contributed by atoms with van der Waals surface area (Å²) in [7, 11) is 0. The molecule has 0 atom stereocenters. The van der Waals surface area contributed by atoms with E-state index in [4.69, 9.17) is 5.26 Å². The number of anilines is 1. The molecule has 0 aliphatic heterocycles. The second kappa shape index (κ2) is 5.96. The van der Waals surface area contributed by atoms with Gasteiger partial charge in [-0.2, -0.15) is 18.4 Å². The van der Waals surface area contributed by atoms with Crippen molar-refractivity contribution in [3.8, 4) is 6.07 Å². The van der Waals surface area contributed by atoms with E-state index in [1.165, 1.54) is 12.1 Å². The lowest BCUT2D eigenvalue weighted by Crippen LogP contribution is -2.27. The summed E-state index contributed by atoms with van der Waals surface area (Å²) in [5.74, 6) is 0.396. The molecule has 0 amide bonds. The van der Waals surface area contributed by atoms with Crippen molar-refractivity contribution in [3.63, 3.8) is 0 Å². The van der Waals surface area contributed by atoms with Gasteiger partial charge in [-0.3, -0.25) is 0 Å². The van der Waals surface area contributed by atoms with E-state index in [2.05, 4.69) is 0 Å². The highest BCUT2D eigenvalue weighted by Crippen LogP contribution is 2.33. The third kappa shape index (κ3) is 3.88. The molecular weight excluding hydrogens is 253 g/mol. The summed E-state index contributed by atoms with van der Waals surface area (Å²) in [6.07, 6.45) is -4.49. The van der Waals surface area contributed by atoms with Crippen LogP contribution in [0.15, 0.2) is 18.2 Å². The van der Waals surface area contributed by atoms with Gasteiger partial charge >= 0.3 is 6.18 Å². The van der Waals surface area contributed by atoms with E-state index < -0.39 is 11.7 Å². The fourth-order valence-electron chi connectivity index (χ4n) is 1.93. The van der Waals surface area contributed by atoms with E-state index in [1.54, 1.807) is 6.07 Å². The highest BCUT2D eigenvalue weighted by molar-refractivity contribution is 5.55. The van der Waals surface area contributed by atoms with Crippen LogP contribution >= 0.6 is 0 Å². The molecule has 1 aromatic rings. The lowest BCUT2D eigenvalue weighted by Gasteiger charge is -2.25. The van der Waals surface area contributed by atoms with E-state index in [0.29, 0.717) is 18.2 Å². The van der Waals surface area contributed by atoms with Gasteiger partial charge in [0.1, 0.15) is 0 Å². The Balaban J connectivity index is 3.16. The number of nitriles is 1. The third-order valence-corrected chi connectivity index (χ3v) is 2.76. The maximum absolute atomic E-state index is 12.7. The first-order valence-corrected chi connectivity index (χ1v) is 6.15. The van der Waals surface area contributed by atoms with Gasteiger partial charge in [0, 0.05) is 18.8 Å². The van der Waals surface area contributed by atoms with Gasteiger partial charge < -0.3 is 4.90 Å². The topological polar surface area (TPSA) is 27.0 Å². The van der Waals surface area contributed by atoms with E-state index in [0.717, 1.165) is 12.6 Å². The molecule has 0 aromatic heterocycles. The van der Waals surface area contributed by atoms with Crippen LogP contribution in [0.5, 0.6) is 0 Å². The zero-order valence-corrected chi connectivity index (χ0v) is 11.3. The van der Waals surface area contributed by atoms with Gasteiger partial charge in [-0.15, -0.1) is 0 Å². The smallest absolute Gasteiger partial charge is 0.372 e. The van der Waals surface area contributed by atoms with Crippen LogP contribution in [-0.4, -0.2) is 13.1 Å². The molecule has 0 bridgehead atoms. The summed E-state index contributed by atoms with van der Waals surface area (Å²) in [6.45, 7) is 7.45. The molecule has 0 aliphatic rings. The van der Waals surface area contributed by atoms with Crippen LogP contribution in [0.25, 0.3) is 0 Å². The Labute approximate surface area is 111 Å². The van der Waals surface area contributed by atoms with Crippen molar-refractivity contribution >= 4 is 5.69 Å². The lowest BCUT2D eigenvalue weighted by atomic mass is 10.1. The quantitative estimate of drug-likeness (QED) is 0.825. The van der Waals surface area contributed by atoms with Gasteiger partial charge in [-0.25, -0.2) is 0 Å². The number of halogens is 3. The molecule has 1 aromatic carbocycles. The van der Waals surface area contributed by atoms with Crippen LogP contribution in [0.4, 0.5) is 18.9 Å². The number of hydrogen-bond acceptors (Lipinski definition) is 2. The first-order chi connectivity index (χ1) is 8.79. The molecule has 0 spiro atoms. The van der Waals surface area contributed by atoms with E-state index in [9.17, 15) is 13.2 Å². The Morgan fingerprint density at radius 2 is 1.95 bits per heavy atom. The van der Waals surface area contributed by atoms with Crippen LogP contribution in [0, 0.1) is 17.2 Å². The first kappa shape index (κ1) is 15.4. The first-order valence-electron chi connectivity index (χ1n) is 6.15. The van der Waals surface area contributed by atoms with Crippen LogP contribution in [0.1, 0.15) is 31.9 Å². The number of alkyl halides is 3. The predicted molar refractivity (Wildman–Crippen MR) is 68.9 cm³/mol. The van der Waals surface area contributed by atoms with Gasteiger partial charge in [0.05, 0.1) is 17.2 Å². The van der Waals surface area contributed by atoms with Crippen molar-refractivity contribution in [2.75, 3.05) is 18.0 Å². The Morgan fingerprint density at radius 1 is 1.32 bits per heavy atom. The highest BCUT2D eigenvalue weighted by atomic mass is 19.4. The fraction of sp³-hybridized carbons (Fsp3) is 0.500. The minimum Gasteiger partial charge on any atom is -0.372 e. The minimum atomic E-state index is -4.49. The molecule has 0 radical (unpaired) electrons. The van der Waals surface area contributed by atoms with Crippen molar-refractivity contribution in [1.29, 1.82) is 5.26 Å². The second-order valence-electron chi connectivity index (χ2n) is 4.77. The number of benzene rings is 1. The summed E-state index contributed by atoms with van der Waals surface area (Å²) in [6, 6.07) is 5.35. The maximum atomic E-state index is 12.7. The monoisotopic (exact) mass is 270 g/mol. The molecule has 1 rings (SSSR count). The fourth-order valence-corrected chi connectivity index (χ4v) is 1.93. The molecule has 0 heterocycles. The van der Waals surface area contributed by atoms with E-state index >= 15 is 0 Å². The van der Waals surface area contributed by atoms with Crippen molar-refractivity contribution < 1.29 is 13.2 Å². The van der Waals surface area contributed by atoms with Crippen LogP contribution in [-0.2, 0) is 6.18 Å². The summed E-state index contributed by atoms with van der Waals surface area (Å²) < 4.78 is 38.1. The summed E-state index contributed by atoms with van der Waals surface area (Å²) in [5, 5.41) is 8.87. The van der Waals surface area contributed by atoms with Crippen LogP contribution in [0.2, 0.25) is 0 Å².